The van der Waals surface area contributed by atoms with E-state index in [0.717, 1.165) is 23.8 Å². The molecule has 0 aliphatic heterocycles. The summed E-state index contributed by atoms with van der Waals surface area (Å²) >= 11 is 1.81. The highest BCUT2D eigenvalue weighted by molar-refractivity contribution is 14.0. The van der Waals surface area contributed by atoms with Crippen LogP contribution < -0.4 is 16.0 Å². The van der Waals surface area contributed by atoms with Crippen molar-refractivity contribution in [1.29, 1.82) is 0 Å². The normalized spacial score (nSPS) is 11.5. The zero-order chi connectivity index (χ0) is 19.0. The van der Waals surface area contributed by atoms with Crippen LogP contribution in [0.5, 0.6) is 0 Å². The second-order valence-corrected chi connectivity index (χ2v) is 7.89. The first-order chi connectivity index (χ1) is 12.4. The van der Waals surface area contributed by atoms with E-state index in [2.05, 4.69) is 41.0 Å². The van der Waals surface area contributed by atoms with E-state index in [1.807, 2.05) is 36.0 Å². The van der Waals surface area contributed by atoms with Crippen molar-refractivity contribution in [3.8, 4) is 0 Å². The van der Waals surface area contributed by atoms with Crippen LogP contribution in [0, 0.1) is 0 Å². The largest absolute Gasteiger partial charge is 0.459 e. The Morgan fingerprint density at radius 1 is 1.22 bits per heavy atom. The van der Waals surface area contributed by atoms with Crippen LogP contribution in [0.2, 0.25) is 0 Å². The number of nitrogens with one attached hydrogen (secondary N) is 3. The molecule has 1 aromatic carbocycles. The second kappa shape index (κ2) is 11.2. The molecule has 2 aromatic rings. The average Bonchev–Trinajstić information content (AvgIpc) is 3.17. The maximum absolute atomic E-state index is 12.1. The molecule has 0 spiro atoms. The van der Waals surface area contributed by atoms with E-state index in [0.29, 0.717) is 6.54 Å². The SMILES string of the molecule is CN=C(NCc1cccc(NC(=O)c2ccco2)c1)NCC(C)(C)SC.I. The Kier molecular flexibility index (Phi) is 9.71. The Morgan fingerprint density at radius 2 is 2.00 bits per heavy atom. The monoisotopic (exact) mass is 502 g/mol. The van der Waals surface area contributed by atoms with Gasteiger partial charge in [-0.25, -0.2) is 0 Å². The van der Waals surface area contributed by atoms with Crippen LogP contribution in [-0.4, -0.2) is 36.5 Å². The molecule has 148 valence electrons. The fourth-order valence-electron chi connectivity index (χ4n) is 2.13. The maximum Gasteiger partial charge on any atom is 0.291 e. The summed E-state index contributed by atoms with van der Waals surface area (Å²) in [5.41, 5.74) is 1.76. The lowest BCUT2D eigenvalue weighted by molar-refractivity contribution is 0.0996. The number of benzene rings is 1. The Balaban J connectivity index is 0.00000364. The van der Waals surface area contributed by atoms with E-state index in [1.54, 1.807) is 19.2 Å². The second-order valence-electron chi connectivity index (χ2n) is 6.37. The molecule has 6 nitrogen and oxygen atoms in total. The van der Waals surface area contributed by atoms with Crippen molar-refractivity contribution >= 4 is 53.3 Å². The van der Waals surface area contributed by atoms with E-state index in [9.17, 15) is 4.79 Å². The van der Waals surface area contributed by atoms with Gasteiger partial charge in [0.1, 0.15) is 0 Å². The Labute approximate surface area is 182 Å². The minimum Gasteiger partial charge on any atom is -0.459 e. The summed E-state index contributed by atoms with van der Waals surface area (Å²) in [5.74, 6) is 0.767. The van der Waals surface area contributed by atoms with Crippen LogP contribution in [0.1, 0.15) is 30.0 Å². The third-order valence-corrected chi connectivity index (χ3v) is 5.10. The van der Waals surface area contributed by atoms with Gasteiger partial charge in [-0.3, -0.25) is 9.79 Å². The molecule has 3 N–H and O–H groups in total. The molecule has 0 atom stereocenters. The number of guanidine groups is 1. The van der Waals surface area contributed by atoms with Crippen LogP contribution in [0.15, 0.2) is 52.1 Å². The quantitative estimate of drug-likeness (QED) is 0.304. The van der Waals surface area contributed by atoms with Gasteiger partial charge in [-0.2, -0.15) is 11.8 Å². The van der Waals surface area contributed by atoms with Crippen molar-refractivity contribution in [2.24, 2.45) is 4.99 Å². The molecule has 1 aromatic heterocycles. The fraction of sp³-hybridized carbons (Fsp3) is 0.368. The van der Waals surface area contributed by atoms with Gasteiger partial charge < -0.3 is 20.4 Å². The fourth-order valence-corrected chi connectivity index (χ4v) is 2.35. The first-order valence-corrected chi connectivity index (χ1v) is 9.59. The zero-order valence-corrected chi connectivity index (χ0v) is 19.2. The van der Waals surface area contributed by atoms with Crippen molar-refractivity contribution in [2.45, 2.75) is 25.1 Å². The Morgan fingerprint density at radius 3 is 2.63 bits per heavy atom. The highest BCUT2D eigenvalue weighted by Gasteiger charge is 2.16. The molecule has 0 saturated carbocycles. The molecule has 1 amide bonds. The number of amides is 1. The van der Waals surface area contributed by atoms with Crippen LogP contribution >= 0.6 is 35.7 Å². The third-order valence-electron chi connectivity index (χ3n) is 3.85. The van der Waals surface area contributed by atoms with E-state index in [1.165, 1.54) is 6.26 Å². The number of thioether (sulfide) groups is 1. The lowest BCUT2D eigenvalue weighted by Gasteiger charge is -2.23. The summed E-state index contributed by atoms with van der Waals surface area (Å²) < 4.78 is 5.24. The third kappa shape index (κ3) is 7.84. The van der Waals surface area contributed by atoms with Gasteiger partial charge >= 0.3 is 0 Å². The van der Waals surface area contributed by atoms with Crippen molar-refractivity contribution in [3.05, 3.63) is 54.0 Å². The molecule has 1 heterocycles. The van der Waals surface area contributed by atoms with Crippen LogP contribution in [-0.2, 0) is 6.54 Å². The van der Waals surface area contributed by atoms with Gasteiger partial charge in [0.05, 0.1) is 6.26 Å². The number of aliphatic imine (C=N–C) groups is 1. The van der Waals surface area contributed by atoms with Gasteiger partial charge in [0.15, 0.2) is 11.7 Å². The number of rotatable bonds is 7. The van der Waals surface area contributed by atoms with Crippen molar-refractivity contribution in [3.63, 3.8) is 0 Å². The first-order valence-electron chi connectivity index (χ1n) is 8.37. The van der Waals surface area contributed by atoms with Crippen molar-refractivity contribution in [1.82, 2.24) is 10.6 Å². The first kappa shape index (κ1) is 23.4. The number of furan rings is 1. The van der Waals surface area contributed by atoms with Crippen LogP contribution in [0.4, 0.5) is 5.69 Å². The zero-order valence-electron chi connectivity index (χ0n) is 16.0. The number of hydrogen-bond acceptors (Lipinski definition) is 4. The van der Waals surface area contributed by atoms with Gasteiger partial charge in [-0.05, 0) is 49.9 Å². The van der Waals surface area contributed by atoms with E-state index >= 15 is 0 Å². The lowest BCUT2D eigenvalue weighted by atomic mass is 10.2. The summed E-state index contributed by atoms with van der Waals surface area (Å²) in [6.45, 7) is 5.78. The summed E-state index contributed by atoms with van der Waals surface area (Å²) in [4.78, 5) is 16.3. The molecule has 8 heteroatoms. The predicted octanol–water partition coefficient (Wildman–Crippen LogP) is 3.96. The molecule has 0 bridgehead atoms. The number of halogens is 1. The lowest BCUT2D eigenvalue weighted by Crippen LogP contribution is -2.42. The Bertz CT molecular complexity index is 748. The number of carbonyl (C=O) groups is 1. The van der Waals surface area contributed by atoms with Crippen LogP contribution in [0.25, 0.3) is 0 Å². The summed E-state index contributed by atoms with van der Waals surface area (Å²) in [6, 6.07) is 11.0. The molecule has 0 radical (unpaired) electrons. The molecule has 0 unspecified atom stereocenters. The minimum absolute atomic E-state index is 0. The van der Waals surface area contributed by atoms with Crippen LogP contribution in [0.3, 0.4) is 0 Å². The van der Waals surface area contributed by atoms with E-state index in [4.69, 9.17) is 4.42 Å². The molecule has 27 heavy (non-hydrogen) atoms. The number of nitrogens with zero attached hydrogens (tertiary/aromatic N) is 1. The molecule has 0 saturated heterocycles. The summed E-state index contributed by atoms with van der Waals surface area (Å²) in [6.07, 6.45) is 3.58. The smallest absolute Gasteiger partial charge is 0.291 e. The van der Waals surface area contributed by atoms with Gasteiger partial charge in [0.25, 0.3) is 5.91 Å². The standard InChI is InChI=1S/C19H26N4O2S.HI/c1-19(2,26-4)13-22-18(20-3)21-12-14-7-5-8-15(11-14)23-17(24)16-9-6-10-25-16;/h5-11H,12-13H2,1-4H3,(H,23,24)(H2,20,21,22);1H. The Hall–Kier alpha value is -1.68. The highest BCUT2D eigenvalue weighted by Crippen LogP contribution is 2.19. The maximum atomic E-state index is 12.1. The molecule has 0 fully saturated rings. The van der Waals surface area contributed by atoms with E-state index < -0.39 is 0 Å². The molecular weight excluding hydrogens is 475 g/mol. The molecular formula is C19H27IN4O2S. The predicted molar refractivity (Wildman–Crippen MR) is 124 cm³/mol. The van der Waals surface area contributed by atoms with Crippen molar-refractivity contribution < 1.29 is 9.21 Å². The summed E-state index contributed by atoms with van der Waals surface area (Å²) in [5, 5.41) is 9.45. The molecule has 0 aliphatic carbocycles. The summed E-state index contributed by atoms with van der Waals surface area (Å²) in [7, 11) is 1.75. The number of anilines is 1. The van der Waals surface area contributed by atoms with Gasteiger partial charge in [-0.1, -0.05) is 12.1 Å². The van der Waals surface area contributed by atoms with Crippen molar-refractivity contribution in [2.75, 3.05) is 25.2 Å². The number of carbonyl (C=O) groups excluding carboxylic acids is 1. The van der Waals surface area contributed by atoms with Gasteiger partial charge in [-0.15, -0.1) is 24.0 Å². The van der Waals surface area contributed by atoms with E-state index in [-0.39, 0.29) is 40.4 Å². The average molecular weight is 502 g/mol. The van der Waals surface area contributed by atoms with Gasteiger partial charge in [0.2, 0.25) is 0 Å². The minimum atomic E-state index is -0.267. The number of hydrogen-bond donors (Lipinski definition) is 3. The molecule has 2 rings (SSSR count). The van der Waals surface area contributed by atoms with Gasteiger partial charge in [0, 0.05) is 30.6 Å². The molecule has 0 aliphatic rings. The highest BCUT2D eigenvalue weighted by atomic mass is 127. The topological polar surface area (TPSA) is 78.7 Å².